The summed E-state index contributed by atoms with van der Waals surface area (Å²) in [6.45, 7) is 1.56. The first-order valence-electron chi connectivity index (χ1n) is 7.15. The predicted molar refractivity (Wildman–Crippen MR) is 82.5 cm³/mol. The number of rotatable bonds is 2. The Balaban J connectivity index is 2.07. The lowest BCUT2D eigenvalue weighted by atomic mass is 9.93. The van der Waals surface area contributed by atoms with E-state index in [4.69, 9.17) is 0 Å². The summed E-state index contributed by atoms with van der Waals surface area (Å²) in [4.78, 5) is 26.5. The van der Waals surface area contributed by atoms with Gasteiger partial charge < -0.3 is 0 Å². The first-order valence-corrected chi connectivity index (χ1v) is 7.15. The largest absolute Gasteiger partial charge is 0.298 e. The molecule has 0 saturated carbocycles. The molecule has 1 atom stereocenters. The standard InChI is InChI=1S/C18H17NO2/c1-13(20)16-12-11-14-7-5-6-10-17(14)19(16)18(21)15-8-3-2-4-9-15/h2-10,16H,11-12H2,1H3. The molecule has 106 valence electrons. The number of hydrogen-bond acceptors (Lipinski definition) is 2. The Morgan fingerprint density at radius 2 is 1.67 bits per heavy atom. The second-order valence-corrected chi connectivity index (χ2v) is 5.34. The van der Waals surface area contributed by atoms with E-state index in [1.54, 1.807) is 24.0 Å². The van der Waals surface area contributed by atoms with Crippen molar-refractivity contribution in [2.75, 3.05) is 4.90 Å². The minimum absolute atomic E-state index is 0.0359. The monoisotopic (exact) mass is 279 g/mol. The summed E-state index contributed by atoms with van der Waals surface area (Å²) in [5.74, 6) is -0.0725. The summed E-state index contributed by atoms with van der Waals surface area (Å²) in [6, 6.07) is 16.6. The summed E-state index contributed by atoms with van der Waals surface area (Å²) in [5, 5.41) is 0. The zero-order valence-electron chi connectivity index (χ0n) is 12.0. The molecule has 21 heavy (non-hydrogen) atoms. The number of Topliss-reactive ketones (excluding diaryl/α,β-unsaturated/α-hetero) is 1. The molecule has 0 spiro atoms. The number of anilines is 1. The van der Waals surface area contributed by atoms with Crippen LogP contribution in [0.25, 0.3) is 0 Å². The Morgan fingerprint density at radius 1 is 1.00 bits per heavy atom. The van der Waals surface area contributed by atoms with E-state index < -0.39 is 0 Å². The van der Waals surface area contributed by atoms with Crippen LogP contribution in [0.15, 0.2) is 54.6 Å². The highest BCUT2D eigenvalue weighted by Crippen LogP contribution is 2.32. The predicted octanol–water partition coefficient (Wildman–Crippen LogP) is 3.24. The average molecular weight is 279 g/mol. The number of ketones is 1. The number of aryl methyl sites for hydroxylation is 1. The third kappa shape index (κ3) is 2.47. The number of nitrogens with zero attached hydrogens (tertiary/aromatic N) is 1. The third-order valence-electron chi connectivity index (χ3n) is 3.96. The van der Waals surface area contributed by atoms with Gasteiger partial charge in [-0.05, 0) is 43.5 Å². The molecule has 0 bridgehead atoms. The minimum atomic E-state index is -0.368. The topological polar surface area (TPSA) is 37.4 Å². The van der Waals surface area contributed by atoms with E-state index in [9.17, 15) is 9.59 Å². The highest BCUT2D eigenvalue weighted by molar-refractivity contribution is 6.10. The van der Waals surface area contributed by atoms with E-state index in [-0.39, 0.29) is 17.7 Å². The van der Waals surface area contributed by atoms with Crippen molar-refractivity contribution in [3.8, 4) is 0 Å². The highest BCUT2D eigenvalue weighted by Gasteiger charge is 2.33. The van der Waals surface area contributed by atoms with E-state index in [2.05, 4.69) is 0 Å². The van der Waals surface area contributed by atoms with E-state index in [1.807, 2.05) is 42.5 Å². The van der Waals surface area contributed by atoms with Crippen LogP contribution >= 0.6 is 0 Å². The Hall–Kier alpha value is -2.42. The maximum absolute atomic E-state index is 12.9. The molecular weight excluding hydrogens is 262 g/mol. The van der Waals surface area contributed by atoms with Gasteiger partial charge in [-0.25, -0.2) is 0 Å². The molecule has 0 aliphatic carbocycles. The van der Waals surface area contributed by atoms with Crippen molar-refractivity contribution in [1.29, 1.82) is 0 Å². The molecule has 1 aliphatic rings. The summed E-state index contributed by atoms with van der Waals surface area (Å²) < 4.78 is 0. The van der Waals surface area contributed by atoms with E-state index in [1.165, 1.54) is 0 Å². The van der Waals surface area contributed by atoms with Gasteiger partial charge in [0.15, 0.2) is 5.78 Å². The molecule has 2 aromatic rings. The van der Waals surface area contributed by atoms with Crippen LogP contribution in [0.4, 0.5) is 5.69 Å². The second kappa shape index (κ2) is 5.52. The molecule has 0 N–H and O–H groups in total. The summed E-state index contributed by atoms with van der Waals surface area (Å²) in [5.41, 5.74) is 2.59. The van der Waals surface area contributed by atoms with Crippen LogP contribution in [-0.4, -0.2) is 17.7 Å². The van der Waals surface area contributed by atoms with Gasteiger partial charge in [0.1, 0.15) is 0 Å². The fourth-order valence-electron chi connectivity index (χ4n) is 2.90. The van der Waals surface area contributed by atoms with Crippen molar-refractivity contribution in [2.24, 2.45) is 0 Å². The molecule has 1 amide bonds. The van der Waals surface area contributed by atoms with Gasteiger partial charge in [-0.1, -0.05) is 36.4 Å². The fourth-order valence-corrected chi connectivity index (χ4v) is 2.90. The minimum Gasteiger partial charge on any atom is -0.298 e. The van der Waals surface area contributed by atoms with Crippen LogP contribution < -0.4 is 4.90 Å². The van der Waals surface area contributed by atoms with Gasteiger partial charge in [-0.15, -0.1) is 0 Å². The number of para-hydroxylation sites is 1. The molecule has 0 fully saturated rings. The number of benzene rings is 2. The molecule has 1 heterocycles. The molecule has 2 aromatic carbocycles. The molecule has 0 aromatic heterocycles. The van der Waals surface area contributed by atoms with Crippen molar-refractivity contribution >= 4 is 17.4 Å². The third-order valence-corrected chi connectivity index (χ3v) is 3.96. The Bertz CT molecular complexity index is 679. The fraction of sp³-hybridized carbons (Fsp3) is 0.222. The summed E-state index contributed by atoms with van der Waals surface area (Å²) in [7, 11) is 0. The maximum atomic E-state index is 12.9. The lowest BCUT2D eigenvalue weighted by Gasteiger charge is -2.36. The normalized spacial score (nSPS) is 17.2. The number of carbonyl (C=O) groups is 2. The Kier molecular flexibility index (Phi) is 3.57. The van der Waals surface area contributed by atoms with Crippen molar-refractivity contribution in [3.05, 3.63) is 65.7 Å². The van der Waals surface area contributed by atoms with Gasteiger partial charge in [0, 0.05) is 11.3 Å². The van der Waals surface area contributed by atoms with E-state index in [0.717, 1.165) is 17.7 Å². The number of hydrogen-bond donors (Lipinski definition) is 0. The lowest BCUT2D eigenvalue weighted by Crippen LogP contribution is -2.47. The van der Waals surface area contributed by atoms with Crippen molar-refractivity contribution in [1.82, 2.24) is 0 Å². The van der Waals surface area contributed by atoms with E-state index >= 15 is 0 Å². The molecule has 3 nitrogen and oxygen atoms in total. The first-order chi connectivity index (χ1) is 10.2. The van der Waals surface area contributed by atoms with Gasteiger partial charge in [-0.3, -0.25) is 14.5 Å². The molecule has 3 rings (SSSR count). The number of amides is 1. The summed E-state index contributed by atoms with van der Waals surface area (Å²) in [6.07, 6.45) is 1.52. The Labute approximate surface area is 124 Å². The zero-order chi connectivity index (χ0) is 14.8. The van der Waals surface area contributed by atoms with Crippen LogP contribution in [-0.2, 0) is 11.2 Å². The van der Waals surface area contributed by atoms with Gasteiger partial charge in [0.25, 0.3) is 5.91 Å². The van der Waals surface area contributed by atoms with Gasteiger partial charge in [0.05, 0.1) is 6.04 Å². The van der Waals surface area contributed by atoms with E-state index in [0.29, 0.717) is 12.0 Å². The quantitative estimate of drug-likeness (QED) is 0.846. The maximum Gasteiger partial charge on any atom is 0.258 e. The van der Waals surface area contributed by atoms with Gasteiger partial charge >= 0.3 is 0 Å². The number of carbonyl (C=O) groups excluding carboxylic acids is 2. The second-order valence-electron chi connectivity index (χ2n) is 5.34. The van der Waals surface area contributed by atoms with Crippen LogP contribution in [0, 0.1) is 0 Å². The van der Waals surface area contributed by atoms with Crippen LogP contribution in [0.5, 0.6) is 0 Å². The Morgan fingerprint density at radius 3 is 2.38 bits per heavy atom. The molecular formula is C18H17NO2. The van der Waals surface area contributed by atoms with Gasteiger partial charge in [-0.2, -0.15) is 0 Å². The lowest BCUT2D eigenvalue weighted by molar-refractivity contribution is -0.118. The first kappa shape index (κ1) is 13.6. The van der Waals surface area contributed by atoms with Crippen LogP contribution in [0.3, 0.4) is 0 Å². The number of fused-ring (bicyclic) bond motifs is 1. The molecule has 0 radical (unpaired) electrons. The molecule has 3 heteroatoms. The molecule has 1 aliphatic heterocycles. The highest BCUT2D eigenvalue weighted by atomic mass is 16.2. The van der Waals surface area contributed by atoms with Crippen molar-refractivity contribution < 1.29 is 9.59 Å². The van der Waals surface area contributed by atoms with Gasteiger partial charge in [0.2, 0.25) is 0 Å². The SMILES string of the molecule is CC(=O)C1CCc2ccccc2N1C(=O)c1ccccc1. The average Bonchev–Trinajstić information content (AvgIpc) is 2.53. The van der Waals surface area contributed by atoms with Crippen molar-refractivity contribution in [3.63, 3.8) is 0 Å². The van der Waals surface area contributed by atoms with Crippen molar-refractivity contribution in [2.45, 2.75) is 25.8 Å². The molecule has 0 saturated heterocycles. The smallest absolute Gasteiger partial charge is 0.258 e. The van der Waals surface area contributed by atoms with Crippen LogP contribution in [0.2, 0.25) is 0 Å². The summed E-state index contributed by atoms with van der Waals surface area (Å²) >= 11 is 0. The zero-order valence-corrected chi connectivity index (χ0v) is 12.0. The van der Waals surface area contributed by atoms with Crippen LogP contribution in [0.1, 0.15) is 29.3 Å². The molecule has 1 unspecified atom stereocenters.